The summed E-state index contributed by atoms with van der Waals surface area (Å²) in [4.78, 5) is 15.7. The molecule has 1 amide bonds. The maximum Gasteiger partial charge on any atom is 0.221 e. The van der Waals surface area contributed by atoms with Crippen LogP contribution in [0.3, 0.4) is 0 Å². The summed E-state index contributed by atoms with van der Waals surface area (Å²) >= 11 is 0. The molecule has 1 aromatic carbocycles. The minimum absolute atomic E-state index is 0.0478. The van der Waals surface area contributed by atoms with Crippen LogP contribution >= 0.6 is 0 Å². The first-order chi connectivity index (χ1) is 10.0. The van der Waals surface area contributed by atoms with E-state index in [2.05, 4.69) is 46.1 Å². The van der Waals surface area contributed by atoms with E-state index in [1.165, 1.54) is 11.1 Å². The molecule has 0 aromatic heterocycles. The van der Waals surface area contributed by atoms with Crippen molar-refractivity contribution in [2.45, 2.75) is 39.8 Å². The first kappa shape index (κ1) is 17.0. The number of rotatable bonds is 6. The predicted molar refractivity (Wildman–Crippen MR) is 87.3 cm³/mol. The summed E-state index contributed by atoms with van der Waals surface area (Å²) in [5.74, 6) is 0.750. The van der Waals surface area contributed by atoms with Gasteiger partial charge in [-0.2, -0.15) is 0 Å². The Hall–Kier alpha value is -2.04. The van der Waals surface area contributed by atoms with E-state index < -0.39 is 0 Å². The second-order valence-electron chi connectivity index (χ2n) is 5.31. The highest BCUT2D eigenvalue weighted by Crippen LogP contribution is 2.02. The number of hydrogen-bond donors (Lipinski definition) is 3. The molecule has 0 radical (unpaired) electrons. The molecule has 0 bridgehead atoms. The molecule has 21 heavy (non-hydrogen) atoms. The number of nitrogens with zero attached hydrogens (tertiary/aromatic N) is 1. The number of carbonyl (C=O) groups excluding carboxylic acids is 1. The van der Waals surface area contributed by atoms with Crippen LogP contribution in [0, 0.1) is 6.92 Å². The van der Waals surface area contributed by atoms with Gasteiger partial charge in [0.05, 0.1) is 0 Å². The fourth-order valence-electron chi connectivity index (χ4n) is 1.92. The smallest absolute Gasteiger partial charge is 0.221 e. The molecule has 0 atom stereocenters. The van der Waals surface area contributed by atoms with Gasteiger partial charge in [-0.15, -0.1) is 0 Å². The van der Waals surface area contributed by atoms with Gasteiger partial charge in [0.1, 0.15) is 0 Å². The third kappa shape index (κ3) is 7.34. The lowest BCUT2D eigenvalue weighted by molar-refractivity contribution is -0.121. The third-order valence-corrected chi connectivity index (χ3v) is 2.86. The zero-order valence-electron chi connectivity index (χ0n) is 13.4. The minimum Gasteiger partial charge on any atom is -0.356 e. The van der Waals surface area contributed by atoms with E-state index in [4.69, 9.17) is 0 Å². The van der Waals surface area contributed by atoms with Crippen molar-refractivity contribution in [1.82, 2.24) is 16.0 Å². The van der Waals surface area contributed by atoms with Gasteiger partial charge in [0.2, 0.25) is 5.91 Å². The van der Waals surface area contributed by atoms with Crippen molar-refractivity contribution in [2.24, 2.45) is 4.99 Å². The lowest BCUT2D eigenvalue weighted by Crippen LogP contribution is -2.39. The Labute approximate surface area is 127 Å². The fourth-order valence-corrected chi connectivity index (χ4v) is 1.92. The van der Waals surface area contributed by atoms with Gasteiger partial charge in [-0.25, -0.2) is 0 Å². The van der Waals surface area contributed by atoms with Crippen molar-refractivity contribution in [3.05, 3.63) is 35.4 Å². The molecule has 0 aliphatic carbocycles. The van der Waals surface area contributed by atoms with Crippen LogP contribution in [0.2, 0.25) is 0 Å². The van der Waals surface area contributed by atoms with E-state index in [0.29, 0.717) is 25.5 Å². The molecule has 5 nitrogen and oxygen atoms in total. The second-order valence-corrected chi connectivity index (χ2v) is 5.31. The number of amides is 1. The summed E-state index contributed by atoms with van der Waals surface area (Å²) in [5.41, 5.74) is 2.44. The van der Waals surface area contributed by atoms with Crippen LogP contribution in [-0.4, -0.2) is 31.5 Å². The number of carbonyl (C=O) groups is 1. The van der Waals surface area contributed by atoms with E-state index in [-0.39, 0.29) is 11.9 Å². The van der Waals surface area contributed by atoms with E-state index >= 15 is 0 Å². The molecule has 0 aliphatic rings. The summed E-state index contributed by atoms with van der Waals surface area (Å²) in [5, 5.41) is 9.23. The van der Waals surface area contributed by atoms with E-state index in [0.717, 1.165) is 0 Å². The monoisotopic (exact) mass is 290 g/mol. The van der Waals surface area contributed by atoms with Crippen LogP contribution in [0.4, 0.5) is 0 Å². The Balaban J connectivity index is 2.31. The number of benzene rings is 1. The van der Waals surface area contributed by atoms with Gasteiger partial charge in [-0.1, -0.05) is 29.8 Å². The van der Waals surface area contributed by atoms with Crippen molar-refractivity contribution in [3.8, 4) is 0 Å². The molecule has 5 heteroatoms. The number of hydrogen-bond acceptors (Lipinski definition) is 2. The molecule has 0 spiro atoms. The Morgan fingerprint density at radius 3 is 2.67 bits per heavy atom. The minimum atomic E-state index is 0.0478. The fraction of sp³-hybridized carbons (Fsp3) is 0.500. The quantitative estimate of drug-likeness (QED) is 0.550. The Kier molecular flexibility index (Phi) is 7.29. The Morgan fingerprint density at radius 1 is 1.29 bits per heavy atom. The SMILES string of the molecule is CN=C(NCCC(=O)NC(C)C)NCc1cccc(C)c1. The lowest BCUT2D eigenvalue weighted by Gasteiger charge is -2.13. The zero-order chi connectivity index (χ0) is 15.7. The predicted octanol–water partition coefficient (Wildman–Crippen LogP) is 1.57. The molecular formula is C16H26N4O. The van der Waals surface area contributed by atoms with E-state index in [1.807, 2.05) is 19.9 Å². The molecule has 1 aromatic rings. The van der Waals surface area contributed by atoms with Crippen molar-refractivity contribution in [1.29, 1.82) is 0 Å². The zero-order valence-corrected chi connectivity index (χ0v) is 13.4. The maximum absolute atomic E-state index is 11.5. The first-order valence-corrected chi connectivity index (χ1v) is 7.30. The Bertz CT molecular complexity index is 483. The summed E-state index contributed by atoms with van der Waals surface area (Å²) in [7, 11) is 1.72. The van der Waals surface area contributed by atoms with Crippen molar-refractivity contribution in [2.75, 3.05) is 13.6 Å². The van der Waals surface area contributed by atoms with Crippen molar-refractivity contribution >= 4 is 11.9 Å². The van der Waals surface area contributed by atoms with Gasteiger partial charge in [0.15, 0.2) is 5.96 Å². The van der Waals surface area contributed by atoms with Crippen LogP contribution in [0.25, 0.3) is 0 Å². The first-order valence-electron chi connectivity index (χ1n) is 7.30. The van der Waals surface area contributed by atoms with E-state index in [9.17, 15) is 4.79 Å². The summed E-state index contributed by atoms with van der Waals surface area (Å²) in [6.45, 7) is 7.25. The number of nitrogens with one attached hydrogen (secondary N) is 3. The normalized spacial score (nSPS) is 11.4. The van der Waals surface area contributed by atoms with Crippen LogP contribution in [-0.2, 0) is 11.3 Å². The molecule has 116 valence electrons. The number of guanidine groups is 1. The van der Waals surface area contributed by atoms with Crippen molar-refractivity contribution < 1.29 is 4.79 Å². The standard InChI is InChI=1S/C16H26N4O/c1-12(2)20-15(21)8-9-18-16(17-4)19-11-14-7-5-6-13(3)10-14/h5-7,10,12H,8-9,11H2,1-4H3,(H,20,21)(H2,17,18,19). The third-order valence-electron chi connectivity index (χ3n) is 2.86. The average molecular weight is 290 g/mol. The van der Waals surface area contributed by atoms with Crippen molar-refractivity contribution in [3.63, 3.8) is 0 Å². The second kappa shape index (κ2) is 9.00. The molecule has 0 saturated carbocycles. The highest BCUT2D eigenvalue weighted by Gasteiger charge is 2.04. The lowest BCUT2D eigenvalue weighted by atomic mass is 10.1. The maximum atomic E-state index is 11.5. The van der Waals surface area contributed by atoms with Gasteiger partial charge in [0.25, 0.3) is 0 Å². The molecule has 1 rings (SSSR count). The summed E-state index contributed by atoms with van der Waals surface area (Å²) in [6, 6.07) is 8.50. The summed E-state index contributed by atoms with van der Waals surface area (Å²) in [6.07, 6.45) is 0.434. The van der Waals surface area contributed by atoms with Crippen LogP contribution in [0.5, 0.6) is 0 Å². The molecule has 0 fully saturated rings. The Morgan fingerprint density at radius 2 is 2.05 bits per heavy atom. The molecule has 0 heterocycles. The summed E-state index contributed by atoms with van der Waals surface area (Å²) < 4.78 is 0. The highest BCUT2D eigenvalue weighted by molar-refractivity contribution is 5.81. The average Bonchev–Trinajstić information content (AvgIpc) is 2.41. The van der Waals surface area contributed by atoms with Gasteiger partial charge >= 0.3 is 0 Å². The molecule has 0 aliphatic heterocycles. The van der Waals surface area contributed by atoms with E-state index in [1.54, 1.807) is 7.05 Å². The van der Waals surface area contributed by atoms with Gasteiger partial charge in [-0.05, 0) is 26.3 Å². The van der Waals surface area contributed by atoms with Gasteiger partial charge in [-0.3, -0.25) is 9.79 Å². The topological polar surface area (TPSA) is 65.5 Å². The molecular weight excluding hydrogens is 264 g/mol. The number of aliphatic imine (C=N–C) groups is 1. The molecule has 0 saturated heterocycles. The van der Waals surface area contributed by atoms with Gasteiger partial charge < -0.3 is 16.0 Å². The van der Waals surface area contributed by atoms with Crippen LogP contribution in [0.1, 0.15) is 31.4 Å². The number of aryl methyl sites for hydroxylation is 1. The highest BCUT2D eigenvalue weighted by atomic mass is 16.1. The van der Waals surface area contributed by atoms with Crippen LogP contribution < -0.4 is 16.0 Å². The molecule has 0 unspecified atom stereocenters. The van der Waals surface area contributed by atoms with Gasteiger partial charge in [0, 0.05) is 32.6 Å². The van der Waals surface area contributed by atoms with Crippen LogP contribution in [0.15, 0.2) is 29.3 Å². The molecule has 3 N–H and O–H groups in total. The largest absolute Gasteiger partial charge is 0.356 e.